The SMILES string of the molecule is CC1(C)COC([C@@H](O)CO)OC1. The van der Waals surface area contributed by atoms with Gasteiger partial charge in [-0.25, -0.2) is 0 Å². The maximum absolute atomic E-state index is 9.15. The Bertz CT molecular complexity index is 136. The average Bonchev–Trinajstić information content (AvgIpc) is 2.03. The molecule has 4 nitrogen and oxygen atoms in total. The number of aliphatic hydroxyl groups excluding tert-OH is 2. The van der Waals surface area contributed by atoms with Crippen LogP contribution in [0.5, 0.6) is 0 Å². The second kappa shape index (κ2) is 3.70. The smallest absolute Gasteiger partial charge is 0.185 e. The van der Waals surface area contributed by atoms with Crippen LogP contribution < -0.4 is 0 Å². The molecule has 0 aromatic rings. The highest BCUT2D eigenvalue weighted by Gasteiger charge is 2.31. The van der Waals surface area contributed by atoms with E-state index in [0.29, 0.717) is 13.2 Å². The van der Waals surface area contributed by atoms with Gasteiger partial charge in [-0.3, -0.25) is 0 Å². The highest BCUT2D eigenvalue weighted by molar-refractivity contribution is 4.73. The molecule has 0 amide bonds. The summed E-state index contributed by atoms with van der Waals surface area (Å²) < 4.78 is 10.4. The molecule has 12 heavy (non-hydrogen) atoms. The predicted octanol–water partition coefficient (Wildman–Crippen LogP) is -0.261. The second-order valence-electron chi connectivity index (χ2n) is 3.90. The normalized spacial score (nSPS) is 27.0. The molecule has 1 rings (SSSR count). The highest BCUT2D eigenvalue weighted by atomic mass is 16.7. The van der Waals surface area contributed by atoms with E-state index in [1.165, 1.54) is 0 Å². The van der Waals surface area contributed by atoms with Gasteiger partial charge < -0.3 is 19.7 Å². The third kappa shape index (κ3) is 2.42. The fourth-order valence-corrected chi connectivity index (χ4v) is 1.01. The first kappa shape index (κ1) is 9.92. The molecule has 0 aromatic carbocycles. The van der Waals surface area contributed by atoms with E-state index in [0.717, 1.165) is 0 Å². The first-order valence-electron chi connectivity index (χ1n) is 4.07. The zero-order chi connectivity index (χ0) is 9.19. The molecule has 1 aliphatic heterocycles. The summed E-state index contributed by atoms with van der Waals surface area (Å²) in [6.45, 7) is 4.82. The molecule has 0 spiro atoms. The summed E-state index contributed by atoms with van der Waals surface area (Å²) in [5.41, 5.74) is 0.00563. The molecule has 4 heteroatoms. The lowest BCUT2D eigenvalue weighted by atomic mass is 9.95. The largest absolute Gasteiger partial charge is 0.393 e. The van der Waals surface area contributed by atoms with Gasteiger partial charge in [0.05, 0.1) is 19.8 Å². The van der Waals surface area contributed by atoms with Gasteiger partial charge in [-0.2, -0.15) is 0 Å². The van der Waals surface area contributed by atoms with E-state index >= 15 is 0 Å². The molecule has 0 saturated carbocycles. The minimum absolute atomic E-state index is 0.00563. The Morgan fingerprint density at radius 1 is 1.42 bits per heavy atom. The lowest BCUT2D eigenvalue weighted by Gasteiger charge is -2.35. The second-order valence-corrected chi connectivity index (χ2v) is 3.90. The van der Waals surface area contributed by atoms with E-state index in [1.54, 1.807) is 0 Å². The molecular formula is C8H16O4. The number of aliphatic hydroxyl groups is 2. The van der Waals surface area contributed by atoms with Gasteiger partial charge in [-0.05, 0) is 0 Å². The van der Waals surface area contributed by atoms with E-state index in [1.807, 2.05) is 13.8 Å². The third-order valence-electron chi connectivity index (χ3n) is 1.78. The summed E-state index contributed by atoms with van der Waals surface area (Å²) in [4.78, 5) is 0. The van der Waals surface area contributed by atoms with Crippen molar-refractivity contribution in [3.8, 4) is 0 Å². The molecule has 1 saturated heterocycles. The molecule has 1 fully saturated rings. The van der Waals surface area contributed by atoms with Gasteiger partial charge in [0, 0.05) is 5.41 Å². The van der Waals surface area contributed by atoms with Crippen LogP contribution in [0, 0.1) is 5.41 Å². The lowest BCUT2D eigenvalue weighted by molar-refractivity contribution is -0.260. The molecule has 0 unspecified atom stereocenters. The van der Waals surface area contributed by atoms with Crippen LogP contribution >= 0.6 is 0 Å². The van der Waals surface area contributed by atoms with Gasteiger partial charge in [0.25, 0.3) is 0 Å². The quantitative estimate of drug-likeness (QED) is 0.608. The van der Waals surface area contributed by atoms with E-state index in [9.17, 15) is 0 Å². The van der Waals surface area contributed by atoms with Crippen molar-refractivity contribution in [2.24, 2.45) is 5.41 Å². The molecule has 0 bridgehead atoms. The van der Waals surface area contributed by atoms with E-state index in [4.69, 9.17) is 19.7 Å². The zero-order valence-electron chi connectivity index (χ0n) is 7.49. The number of hydrogen-bond donors (Lipinski definition) is 2. The summed E-state index contributed by atoms with van der Waals surface area (Å²) in [7, 11) is 0. The summed E-state index contributed by atoms with van der Waals surface area (Å²) in [5, 5.41) is 17.8. The minimum Gasteiger partial charge on any atom is -0.393 e. The Hall–Kier alpha value is -0.160. The summed E-state index contributed by atoms with van der Waals surface area (Å²) in [5.74, 6) is 0. The van der Waals surface area contributed by atoms with Gasteiger partial charge in [-0.1, -0.05) is 13.8 Å². The fraction of sp³-hybridized carbons (Fsp3) is 1.00. The van der Waals surface area contributed by atoms with Crippen molar-refractivity contribution < 1.29 is 19.7 Å². The van der Waals surface area contributed by atoms with Gasteiger partial charge >= 0.3 is 0 Å². The van der Waals surface area contributed by atoms with Crippen LogP contribution in [0.2, 0.25) is 0 Å². The van der Waals surface area contributed by atoms with Crippen molar-refractivity contribution in [3.63, 3.8) is 0 Å². The van der Waals surface area contributed by atoms with Crippen LogP contribution in [0.1, 0.15) is 13.8 Å². The number of hydrogen-bond acceptors (Lipinski definition) is 4. The molecule has 2 N–H and O–H groups in total. The first-order chi connectivity index (χ1) is 5.55. The Kier molecular flexibility index (Phi) is 3.06. The van der Waals surface area contributed by atoms with Crippen LogP contribution in [0.4, 0.5) is 0 Å². The lowest BCUT2D eigenvalue weighted by Crippen LogP contribution is -2.44. The van der Waals surface area contributed by atoms with Gasteiger partial charge in [0.1, 0.15) is 6.10 Å². The molecular weight excluding hydrogens is 160 g/mol. The van der Waals surface area contributed by atoms with E-state index in [-0.39, 0.29) is 12.0 Å². The number of ether oxygens (including phenoxy) is 2. The predicted molar refractivity (Wildman–Crippen MR) is 42.6 cm³/mol. The van der Waals surface area contributed by atoms with Crippen LogP contribution in [0.3, 0.4) is 0 Å². The molecule has 1 heterocycles. The summed E-state index contributed by atoms with van der Waals surface area (Å²) in [6.07, 6.45) is -1.59. The van der Waals surface area contributed by atoms with Gasteiger partial charge in [0.2, 0.25) is 0 Å². The fourth-order valence-electron chi connectivity index (χ4n) is 1.01. The molecule has 0 aliphatic carbocycles. The molecule has 72 valence electrons. The van der Waals surface area contributed by atoms with Crippen molar-refractivity contribution in [1.82, 2.24) is 0 Å². The summed E-state index contributed by atoms with van der Waals surface area (Å²) >= 11 is 0. The Morgan fingerprint density at radius 2 is 1.92 bits per heavy atom. The minimum atomic E-state index is -0.930. The van der Waals surface area contributed by atoms with Crippen molar-refractivity contribution in [2.45, 2.75) is 26.2 Å². The number of rotatable bonds is 2. The highest BCUT2D eigenvalue weighted by Crippen LogP contribution is 2.23. The zero-order valence-corrected chi connectivity index (χ0v) is 7.49. The summed E-state index contributed by atoms with van der Waals surface area (Å²) in [6, 6.07) is 0. The Balaban J connectivity index is 2.36. The molecule has 1 aliphatic rings. The monoisotopic (exact) mass is 176 g/mol. The Labute approximate surface area is 72.1 Å². The average molecular weight is 176 g/mol. The van der Waals surface area contributed by atoms with Gasteiger partial charge in [-0.15, -0.1) is 0 Å². The van der Waals surface area contributed by atoms with Crippen molar-refractivity contribution >= 4 is 0 Å². The van der Waals surface area contributed by atoms with E-state index in [2.05, 4.69) is 0 Å². The van der Waals surface area contributed by atoms with E-state index < -0.39 is 12.4 Å². The van der Waals surface area contributed by atoms with Crippen LogP contribution in [0.15, 0.2) is 0 Å². The van der Waals surface area contributed by atoms with Crippen LogP contribution in [0.25, 0.3) is 0 Å². The first-order valence-corrected chi connectivity index (χ1v) is 4.07. The third-order valence-corrected chi connectivity index (χ3v) is 1.78. The van der Waals surface area contributed by atoms with Crippen molar-refractivity contribution in [2.75, 3.05) is 19.8 Å². The topological polar surface area (TPSA) is 58.9 Å². The van der Waals surface area contributed by atoms with Crippen LogP contribution in [-0.4, -0.2) is 42.4 Å². The maximum Gasteiger partial charge on any atom is 0.185 e. The van der Waals surface area contributed by atoms with Crippen molar-refractivity contribution in [1.29, 1.82) is 0 Å². The maximum atomic E-state index is 9.15. The molecule has 1 atom stereocenters. The van der Waals surface area contributed by atoms with Crippen LogP contribution in [-0.2, 0) is 9.47 Å². The van der Waals surface area contributed by atoms with Gasteiger partial charge in [0.15, 0.2) is 6.29 Å². The molecule has 0 aromatic heterocycles. The molecule has 0 radical (unpaired) electrons. The van der Waals surface area contributed by atoms with Crippen molar-refractivity contribution in [3.05, 3.63) is 0 Å². The Morgan fingerprint density at radius 3 is 2.33 bits per heavy atom. The standard InChI is InChI=1S/C8H16O4/c1-8(2)4-11-7(12-5-8)6(10)3-9/h6-7,9-10H,3-5H2,1-2H3/t6-/m0/s1.